The third kappa shape index (κ3) is 5.32. The molecule has 1 amide bonds. The number of alkyl carbamates (subject to hydrolysis) is 1. The Morgan fingerprint density at radius 2 is 1.63 bits per heavy atom. The number of H-pyrrole nitrogens is 1. The van der Waals surface area contributed by atoms with Gasteiger partial charge in [-0.2, -0.15) is 5.10 Å². The Morgan fingerprint density at radius 3 is 2.26 bits per heavy atom. The summed E-state index contributed by atoms with van der Waals surface area (Å²) in [7, 11) is 0.600. The average Bonchev–Trinajstić information content (AvgIpc) is 3.65. The molecule has 0 bridgehead atoms. The maximum Gasteiger partial charge on any atom is 0.492 e. The lowest BCUT2D eigenvalue weighted by Gasteiger charge is -2.32. The molecule has 0 spiro atoms. The topological polar surface area (TPSA) is 112 Å². The summed E-state index contributed by atoms with van der Waals surface area (Å²) in [6.45, 7) is 8.17. The number of aromatic amines is 1. The second-order valence-corrected chi connectivity index (χ2v) is 11.9. The number of fused-ring (bicyclic) bond motifs is 4. The lowest BCUT2D eigenvalue weighted by Crippen LogP contribution is -2.41. The van der Waals surface area contributed by atoms with E-state index in [0.29, 0.717) is 27.5 Å². The molecule has 1 aliphatic heterocycles. The van der Waals surface area contributed by atoms with Crippen LogP contribution in [0.1, 0.15) is 60.7 Å². The van der Waals surface area contributed by atoms with Crippen molar-refractivity contribution in [2.24, 2.45) is 0 Å². The van der Waals surface area contributed by atoms with E-state index in [2.05, 4.69) is 39.8 Å². The maximum absolute atomic E-state index is 13.1. The van der Waals surface area contributed by atoms with Crippen LogP contribution in [0.2, 0.25) is 0 Å². The first-order chi connectivity index (χ1) is 20.6. The quantitative estimate of drug-likeness (QED) is 0.207. The number of esters is 1. The number of nitrogens with zero attached hydrogens (tertiary/aromatic N) is 1. The summed E-state index contributed by atoms with van der Waals surface area (Å²) in [5.41, 5.74) is 5.82. The molecule has 9 nitrogen and oxygen atoms in total. The third-order valence-corrected chi connectivity index (χ3v) is 8.67. The van der Waals surface area contributed by atoms with Gasteiger partial charge in [0, 0.05) is 17.8 Å². The number of carbonyl (C=O) groups excluding carboxylic acids is 2. The molecule has 0 saturated carbocycles. The van der Waals surface area contributed by atoms with Crippen LogP contribution in [0.25, 0.3) is 28.1 Å². The highest BCUT2D eigenvalue weighted by atomic mass is 16.7. The second-order valence-electron chi connectivity index (χ2n) is 11.9. The molecule has 0 radical (unpaired) electrons. The fraction of sp³-hybridized carbons (Fsp3) is 0.303. The van der Waals surface area contributed by atoms with Gasteiger partial charge in [-0.25, -0.2) is 9.59 Å². The number of nitrogens with one attached hydrogen (secondary N) is 2. The van der Waals surface area contributed by atoms with E-state index in [0.717, 1.165) is 11.1 Å². The Labute approximate surface area is 250 Å². The molecule has 220 valence electrons. The summed E-state index contributed by atoms with van der Waals surface area (Å²) in [6.07, 6.45) is 2.88. The van der Waals surface area contributed by atoms with Crippen molar-refractivity contribution in [2.75, 3.05) is 20.3 Å². The lowest BCUT2D eigenvalue weighted by atomic mass is 9.77. The number of hydrogen-bond acceptors (Lipinski definition) is 7. The molecule has 1 aliphatic carbocycles. The van der Waals surface area contributed by atoms with Crippen molar-refractivity contribution in [1.29, 1.82) is 0 Å². The van der Waals surface area contributed by atoms with Gasteiger partial charge >= 0.3 is 19.2 Å². The minimum Gasteiger partial charge on any atom is -0.465 e. The van der Waals surface area contributed by atoms with Crippen molar-refractivity contribution in [3.05, 3.63) is 94.6 Å². The SMILES string of the molecule is COC(=O)c1cc(C=C(CNC(=O)OCC2c3ccccc3-c3ccccc32)B2OC(C)(C)C(C)(C)O2)cc2[nH]ncc12. The van der Waals surface area contributed by atoms with E-state index in [1.165, 1.54) is 18.2 Å². The zero-order chi connectivity index (χ0) is 30.4. The van der Waals surface area contributed by atoms with Gasteiger partial charge in [-0.3, -0.25) is 5.10 Å². The zero-order valence-corrected chi connectivity index (χ0v) is 24.9. The first-order valence-electron chi connectivity index (χ1n) is 14.3. The largest absolute Gasteiger partial charge is 0.492 e. The molecule has 6 rings (SSSR count). The van der Waals surface area contributed by atoms with Crippen LogP contribution in [0.5, 0.6) is 0 Å². The Morgan fingerprint density at radius 1 is 1.00 bits per heavy atom. The monoisotopic (exact) mass is 579 g/mol. The van der Waals surface area contributed by atoms with E-state index >= 15 is 0 Å². The molecular weight excluding hydrogens is 545 g/mol. The van der Waals surface area contributed by atoms with E-state index in [9.17, 15) is 9.59 Å². The van der Waals surface area contributed by atoms with Gasteiger partial charge in [0.25, 0.3) is 0 Å². The molecular formula is C33H34BN3O6. The molecule has 10 heteroatoms. The summed E-state index contributed by atoms with van der Waals surface area (Å²) in [5.74, 6) is -0.523. The molecule has 43 heavy (non-hydrogen) atoms. The van der Waals surface area contributed by atoms with Gasteiger partial charge in [0.05, 0.1) is 35.6 Å². The number of methoxy groups -OCH3 is 1. The molecule has 0 atom stereocenters. The Hall–Kier alpha value is -4.41. The molecule has 2 heterocycles. The van der Waals surface area contributed by atoms with Gasteiger partial charge in [-0.1, -0.05) is 54.6 Å². The predicted molar refractivity (Wildman–Crippen MR) is 165 cm³/mol. The summed E-state index contributed by atoms with van der Waals surface area (Å²) in [6, 6.07) is 20.0. The molecule has 1 aromatic heterocycles. The molecule has 2 aliphatic rings. The van der Waals surface area contributed by atoms with Crippen LogP contribution in [0.15, 0.2) is 72.3 Å². The summed E-state index contributed by atoms with van der Waals surface area (Å²) in [5, 5.41) is 10.5. The zero-order valence-electron chi connectivity index (χ0n) is 24.9. The van der Waals surface area contributed by atoms with Crippen LogP contribution < -0.4 is 5.32 Å². The van der Waals surface area contributed by atoms with Crippen molar-refractivity contribution >= 4 is 36.2 Å². The van der Waals surface area contributed by atoms with Crippen molar-refractivity contribution < 1.29 is 28.4 Å². The van der Waals surface area contributed by atoms with Crippen LogP contribution in [0.3, 0.4) is 0 Å². The standard InChI is InChI=1S/C33H34BN3O6/c1-32(2)33(3,4)43-34(42-32)21(14-20-15-26(30(38)40-5)27-18-36-37-29(27)16-20)17-35-31(39)41-19-28-24-12-8-6-10-22(24)23-11-7-9-13-25(23)28/h6-16,18,28H,17,19H2,1-5H3,(H,35,39)(H,36,37). The number of benzene rings is 3. The molecule has 3 aromatic carbocycles. The number of amides is 1. The highest BCUT2D eigenvalue weighted by Gasteiger charge is 2.52. The highest BCUT2D eigenvalue weighted by molar-refractivity contribution is 6.56. The van der Waals surface area contributed by atoms with Crippen LogP contribution in [0, 0.1) is 0 Å². The van der Waals surface area contributed by atoms with Gasteiger partial charge in [-0.15, -0.1) is 0 Å². The van der Waals surface area contributed by atoms with Gasteiger partial charge in [0.1, 0.15) is 6.61 Å². The normalized spacial score (nSPS) is 17.0. The van der Waals surface area contributed by atoms with Gasteiger partial charge in [-0.05, 0) is 73.1 Å². The Bertz CT molecular complexity index is 1680. The Kier molecular flexibility index (Phi) is 7.36. The van der Waals surface area contributed by atoms with E-state index in [1.54, 1.807) is 12.3 Å². The fourth-order valence-electron chi connectivity index (χ4n) is 5.67. The minimum absolute atomic E-state index is 0.0471. The molecule has 2 N–H and O–H groups in total. The number of rotatable bonds is 7. The minimum atomic E-state index is -0.738. The predicted octanol–water partition coefficient (Wildman–Crippen LogP) is 5.90. The van der Waals surface area contributed by atoms with Crippen molar-refractivity contribution in [3.63, 3.8) is 0 Å². The first kappa shape index (κ1) is 28.7. The first-order valence-corrected chi connectivity index (χ1v) is 14.3. The van der Waals surface area contributed by atoms with E-state index in [4.69, 9.17) is 18.8 Å². The van der Waals surface area contributed by atoms with E-state index in [-0.39, 0.29) is 19.1 Å². The summed E-state index contributed by atoms with van der Waals surface area (Å²) < 4.78 is 23.4. The Balaban J connectivity index is 1.23. The molecule has 0 unspecified atom stereocenters. The molecule has 1 fully saturated rings. The number of aromatic nitrogens is 2. The fourth-order valence-corrected chi connectivity index (χ4v) is 5.67. The van der Waals surface area contributed by atoms with Gasteiger partial charge in [0.2, 0.25) is 0 Å². The van der Waals surface area contributed by atoms with Crippen LogP contribution in [0.4, 0.5) is 4.79 Å². The van der Waals surface area contributed by atoms with Crippen LogP contribution in [-0.4, -0.2) is 60.8 Å². The van der Waals surface area contributed by atoms with Crippen molar-refractivity contribution in [3.8, 4) is 11.1 Å². The number of carbonyl (C=O) groups is 2. The summed E-state index contributed by atoms with van der Waals surface area (Å²) >= 11 is 0. The highest BCUT2D eigenvalue weighted by Crippen LogP contribution is 2.44. The van der Waals surface area contributed by atoms with Gasteiger partial charge < -0.3 is 24.1 Å². The number of hydrogen-bond donors (Lipinski definition) is 2. The van der Waals surface area contributed by atoms with Crippen molar-refractivity contribution in [2.45, 2.75) is 44.8 Å². The second kappa shape index (κ2) is 11.0. The lowest BCUT2D eigenvalue weighted by molar-refractivity contribution is 0.00578. The molecule has 1 saturated heterocycles. The number of ether oxygens (including phenoxy) is 2. The molecule has 4 aromatic rings. The van der Waals surface area contributed by atoms with Crippen LogP contribution in [-0.2, 0) is 18.8 Å². The maximum atomic E-state index is 13.1. The van der Waals surface area contributed by atoms with E-state index < -0.39 is 30.4 Å². The third-order valence-electron chi connectivity index (χ3n) is 8.67. The van der Waals surface area contributed by atoms with Crippen LogP contribution >= 0.6 is 0 Å². The van der Waals surface area contributed by atoms with E-state index in [1.807, 2.05) is 64.1 Å². The van der Waals surface area contributed by atoms with Crippen molar-refractivity contribution in [1.82, 2.24) is 15.5 Å². The smallest absolute Gasteiger partial charge is 0.465 e. The average molecular weight is 579 g/mol. The summed E-state index contributed by atoms with van der Waals surface area (Å²) in [4.78, 5) is 25.6. The van der Waals surface area contributed by atoms with Gasteiger partial charge in [0.15, 0.2) is 0 Å².